The Morgan fingerprint density at radius 2 is 2.05 bits per heavy atom. The summed E-state index contributed by atoms with van der Waals surface area (Å²) in [5.41, 5.74) is 0. The fourth-order valence-corrected chi connectivity index (χ4v) is 2.72. The summed E-state index contributed by atoms with van der Waals surface area (Å²) in [7, 11) is 3.17. The first-order valence-corrected chi connectivity index (χ1v) is 6.82. The van der Waals surface area contributed by atoms with Crippen molar-refractivity contribution in [2.75, 3.05) is 14.1 Å². The highest BCUT2D eigenvalue weighted by molar-refractivity contribution is 7.20. The van der Waals surface area contributed by atoms with Crippen LogP contribution < -0.4 is 0 Å². The van der Waals surface area contributed by atoms with Gasteiger partial charge < -0.3 is 9.64 Å². The second kappa shape index (κ2) is 5.58. The van der Waals surface area contributed by atoms with Crippen LogP contribution in [-0.4, -0.2) is 37.0 Å². The molecule has 0 fully saturated rings. The average Bonchev–Trinajstić information content (AvgIpc) is 2.83. The van der Waals surface area contributed by atoms with E-state index in [0.717, 1.165) is 11.3 Å². The molecule has 106 valence electrons. The molecule has 0 N–H and O–H groups in total. The van der Waals surface area contributed by atoms with E-state index in [2.05, 4.69) is 0 Å². The van der Waals surface area contributed by atoms with Gasteiger partial charge in [0.2, 0.25) is 0 Å². The maximum atomic E-state index is 13.6. The molecule has 1 aromatic carbocycles. The molecule has 6 heteroatoms. The van der Waals surface area contributed by atoms with Gasteiger partial charge in [0.05, 0.1) is 0 Å². The monoisotopic (exact) mass is 295 g/mol. The molecule has 0 aliphatic carbocycles. The molecule has 1 atom stereocenters. The number of halogens is 1. The van der Waals surface area contributed by atoms with E-state index >= 15 is 0 Å². The molecule has 0 aliphatic heterocycles. The number of rotatable bonds is 3. The number of ether oxygens (including phenoxy) is 1. The van der Waals surface area contributed by atoms with E-state index in [4.69, 9.17) is 4.74 Å². The predicted octanol–water partition coefficient (Wildman–Crippen LogP) is 2.67. The van der Waals surface area contributed by atoms with Gasteiger partial charge in [0.25, 0.3) is 5.91 Å². The molecule has 0 spiro atoms. The van der Waals surface area contributed by atoms with Crippen molar-refractivity contribution in [1.82, 2.24) is 4.90 Å². The number of esters is 1. The van der Waals surface area contributed by atoms with Crippen molar-refractivity contribution in [2.24, 2.45) is 0 Å². The molecule has 4 nitrogen and oxygen atoms in total. The molecule has 0 unspecified atom stereocenters. The number of carbonyl (C=O) groups excluding carboxylic acids is 2. The van der Waals surface area contributed by atoms with E-state index in [1.165, 1.54) is 24.0 Å². The van der Waals surface area contributed by atoms with Crippen LogP contribution >= 0.6 is 11.3 Å². The van der Waals surface area contributed by atoms with Gasteiger partial charge in [0.1, 0.15) is 10.7 Å². The van der Waals surface area contributed by atoms with Gasteiger partial charge in [-0.05, 0) is 25.1 Å². The van der Waals surface area contributed by atoms with E-state index in [1.54, 1.807) is 26.2 Å². The van der Waals surface area contributed by atoms with Crippen LogP contribution in [-0.2, 0) is 9.53 Å². The van der Waals surface area contributed by atoms with Crippen molar-refractivity contribution in [3.63, 3.8) is 0 Å². The van der Waals surface area contributed by atoms with Gasteiger partial charge in [-0.25, -0.2) is 9.18 Å². The van der Waals surface area contributed by atoms with Gasteiger partial charge in [-0.2, -0.15) is 0 Å². The van der Waals surface area contributed by atoms with Crippen molar-refractivity contribution < 1.29 is 18.7 Å². The Hall–Kier alpha value is -1.95. The molecule has 1 heterocycles. The zero-order chi connectivity index (χ0) is 14.9. The van der Waals surface area contributed by atoms with Gasteiger partial charge in [-0.1, -0.05) is 6.07 Å². The number of nitrogens with zero attached hydrogens (tertiary/aromatic N) is 1. The minimum Gasteiger partial charge on any atom is -0.448 e. The van der Waals surface area contributed by atoms with Crippen molar-refractivity contribution in [3.05, 3.63) is 35.0 Å². The van der Waals surface area contributed by atoms with Crippen LogP contribution in [0.1, 0.15) is 16.6 Å². The number of carbonyl (C=O) groups is 2. The molecule has 1 aromatic heterocycles. The Bertz CT molecular complexity index is 665. The number of hydrogen-bond donors (Lipinski definition) is 0. The van der Waals surface area contributed by atoms with E-state index in [0.29, 0.717) is 10.1 Å². The maximum Gasteiger partial charge on any atom is 0.349 e. The molecule has 0 saturated heterocycles. The smallest absolute Gasteiger partial charge is 0.349 e. The third-order valence-electron chi connectivity index (χ3n) is 2.78. The van der Waals surface area contributed by atoms with Gasteiger partial charge >= 0.3 is 5.97 Å². The lowest BCUT2D eigenvalue weighted by Gasteiger charge is -2.16. The number of fused-ring (bicyclic) bond motifs is 1. The van der Waals surface area contributed by atoms with Crippen LogP contribution in [0.15, 0.2) is 24.3 Å². The van der Waals surface area contributed by atoms with Crippen LogP contribution in [0.4, 0.5) is 4.39 Å². The van der Waals surface area contributed by atoms with Gasteiger partial charge in [0.15, 0.2) is 6.10 Å². The highest BCUT2D eigenvalue weighted by Gasteiger charge is 2.21. The van der Waals surface area contributed by atoms with E-state index in [1.807, 2.05) is 0 Å². The van der Waals surface area contributed by atoms with Gasteiger partial charge in [-0.3, -0.25) is 4.79 Å². The first-order chi connectivity index (χ1) is 9.40. The molecule has 1 amide bonds. The minimum atomic E-state index is -0.868. The Labute approximate surface area is 119 Å². The van der Waals surface area contributed by atoms with Crippen LogP contribution in [0.25, 0.3) is 10.1 Å². The third-order valence-corrected chi connectivity index (χ3v) is 3.86. The van der Waals surface area contributed by atoms with Crippen LogP contribution in [0, 0.1) is 5.82 Å². The minimum absolute atomic E-state index is 0.281. The van der Waals surface area contributed by atoms with Gasteiger partial charge in [-0.15, -0.1) is 11.3 Å². The fourth-order valence-electron chi connectivity index (χ4n) is 1.76. The van der Waals surface area contributed by atoms with Crippen LogP contribution in [0.5, 0.6) is 0 Å². The second-order valence-corrected chi connectivity index (χ2v) is 5.63. The predicted molar refractivity (Wildman–Crippen MR) is 75.4 cm³/mol. The normalized spacial score (nSPS) is 12.2. The summed E-state index contributed by atoms with van der Waals surface area (Å²) in [5, 5.41) is 0.385. The SMILES string of the molecule is C[C@H](OC(=O)c1cc2c(F)cccc2s1)C(=O)N(C)C. The summed E-state index contributed by atoms with van der Waals surface area (Å²) in [6.07, 6.45) is -0.868. The van der Waals surface area contributed by atoms with Crippen molar-refractivity contribution >= 4 is 33.3 Å². The zero-order valence-corrected chi connectivity index (χ0v) is 12.2. The summed E-state index contributed by atoms with van der Waals surface area (Å²) in [6.45, 7) is 1.51. The summed E-state index contributed by atoms with van der Waals surface area (Å²) in [4.78, 5) is 25.2. The van der Waals surface area contributed by atoms with Crippen molar-refractivity contribution in [1.29, 1.82) is 0 Å². The quantitative estimate of drug-likeness (QED) is 0.818. The number of hydrogen-bond acceptors (Lipinski definition) is 4. The lowest BCUT2D eigenvalue weighted by molar-refractivity contribution is -0.137. The molecule has 0 saturated carbocycles. The topological polar surface area (TPSA) is 46.6 Å². The summed E-state index contributed by atoms with van der Waals surface area (Å²) >= 11 is 1.14. The highest BCUT2D eigenvalue weighted by Crippen LogP contribution is 2.28. The molecule has 0 radical (unpaired) electrons. The molecule has 20 heavy (non-hydrogen) atoms. The number of amides is 1. The Morgan fingerprint density at radius 3 is 2.65 bits per heavy atom. The summed E-state index contributed by atoms with van der Waals surface area (Å²) in [5.74, 6) is -1.30. The highest BCUT2D eigenvalue weighted by atomic mass is 32.1. The Kier molecular flexibility index (Phi) is 4.04. The number of likely N-dealkylation sites (N-methyl/N-ethyl adjacent to an activating group) is 1. The average molecular weight is 295 g/mol. The number of benzene rings is 1. The third kappa shape index (κ3) is 2.80. The maximum absolute atomic E-state index is 13.6. The molecule has 0 bridgehead atoms. The molecular formula is C14H14FNO3S. The second-order valence-electron chi connectivity index (χ2n) is 4.54. The Balaban J connectivity index is 2.20. The fraction of sp³-hybridized carbons (Fsp3) is 0.286. The first kappa shape index (κ1) is 14.5. The van der Waals surface area contributed by atoms with Crippen LogP contribution in [0.3, 0.4) is 0 Å². The molecule has 2 aromatic rings. The van der Waals surface area contributed by atoms with E-state index in [-0.39, 0.29) is 16.6 Å². The molecular weight excluding hydrogens is 281 g/mol. The molecule has 2 rings (SSSR count). The van der Waals surface area contributed by atoms with E-state index in [9.17, 15) is 14.0 Å². The summed E-state index contributed by atoms with van der Waals surface area (Å²) < 4.78 is 19.3. The van der Waals surface area contributed by atoms with Gasteiger partial charge in [0, 0.05) is 24.2 Å². The molecule has 0 aliphatic rings. The first-order valence-electron chi connectivity index (χ1n) is 6.00. The van der Waals surface area contributed by atoms with Crippen molar-refractivity contribution in [2.45, 2.75) is 13.0 Å². The van der Waals surface area contributed by atoms with Crippen molar-refractivity contribution in [3.8, 4) is 0 Å². The lowest BCUT2D eigenvalue weighted by atomic mass is 10.2. The van der Waals surface area contributed by atoms with E-state index < -0.39 is 12.1 Å². The van der Waals surface area contributed by atoms with Crippen LogP contribution in [0.2, 0.25) is 0 Å². The lowest BCUT2D eigenvalue weighted by Crippen LogP contribution is -2.34. The number of thiophene rings is 1. The largest absolute Gasteiger partial charge is 0.448 e. The zero-order valence-electron chi connectivity index (χ0n) is 11.3. The summed E-state index contributed by atoms with van der Waals surface area (Å²) in [6, 6.07) is 6.10. The Morgan fingerprint density at radius 1 is 1.35 bits per heavy atom. The standard InChI is InChI=1S/C14H14FNO3S/c1-8(13(17)16(2)3)19-14(18)12-7-9-10(15)5-4-6-11(9)20-12/h4-8H,1-3H3/t8-/m0/s1.